The highest BCUT2D eigenvalue weighted by atomic mass is 79.9. The Morgan fingerprint density at radius 3 is 2.25 bits per heavy atom. The van der Waals surface area contributed by atoms with Gasteiger partial charge in [0.25, 0.3) is 0 Å². The van der Waals surface area contributed by atoms with Crippen LogP contribution >= 0.6 is 22.8 Å². The molecule has 0 spiro atoms. The lowest BCUT2D eigenvalue weighted by atomic mass is 10.2. The van der Waals surface area contributed by atoms with E-state index in [2.05, 4.69) is 15.5 Å². The first-order valence-corrected chi connectivity index (χ1v) is 4.41. The van der Waals surface area contributed by atoms with Gasteiger partial charge in [0.2, 0.25) is 0 Å². The van der Waals surface area contributed by atoms with Crippen molar-refractivity contribution in [3.8, 4) is 0 Å². The first-order chi connectivity index (χ1) is 1.91. The molecule has 0 rings (SSSR count). The summed E-state index contributed by atoms with van der Waals surface area (Å²) in [5, 5.41) is 0. The van der Waals surface area contributed by atoms with Crippen LogP contribution in [-0.2, 0) is 0 Å². The fraction of sp³-hybridized carbons (Fsp3) is 1.00. The van der Waals surface area contributed by atoms with Gasteiger partial charge in [-0.15, -0.1) is 0 Å². The number of rotatable bonds is 1. The van der Waals surface area contributed by atoms with E-state index in [4.69, 9.17) is 7.85 Å². The van der Waals surface area contributed by atoms with Gasteiger partial charge in [0.1, 0.15) is 0 Å². The Hall–Kier alpha value is 0.975. The SMILES string of the molecule is [B]CPBr. The molecule has 0 aliphatic carbocycles. The molecule has 0 saturated heterocycles. The van der Waals surface area contributed by atoms with Crippen LogP contribution in [0, 0.1) is 0 Å². The summed E-state index contributed by atoms with van der Waals surface area (Å²) in [6, 6.07) is 0.764. The lowest BCUT2D eigenvalue weighted by Gasteiger charge is -1.66. The largest absolute Gasteiger partial charge is 0.0723 e. The van der Waals surface area contributed by atoms with Crippen LogP contribution < -0.4 is 0 Å². The molecule has 0 heterocycles. The van der Waals surface area contributed by atoms with Gasteiger partial charge >= 0.3 is 0 Å². The second-order valence-electron chi connectivity index (χ2n) is 0.338. The Balaban J connectivity index is 1.97. The first kappa shape index (κ1) is 4.97. The van der Waals surface area contributed by atoms with Crippen LogP contribution in [0.15, 0.2) is 0 Å². The smallest absolute Gasteiger partial charge is 0.0650 e. The molecule has 1 atom stereocenters. The summed E-state index contributed by atoms with van der Waals surface area (Å²) in [4.78, 5) is 0. The van der Waals surface area contributed by atoms with Gasteiger partial charge in [-0.3, -0.25) is 0 Å². The van der Waals surface area contributed by atoms with Crippen molar-refractivity contribution < 1.29 is 0 Å². The predicted octanol–water partition coefficient (Wildman–Crippen LogP) is 1.10. The third kappa shape index (κ3) is 2.97. The van der Waals surface area contributed by atoms with Crippen molar-refractivity contribution in [2.24, 2.45) is 0 Å². The molecule has 2 radical (unpaired) electrons. The zero-order valence-corrected chi connectivity index (χ0v) is 4.75. The van der Waals surface area contributed by atoms with E-state index in [1.54, 1.807) is 0 Å². The quantitative estimate of drug-likeness (QED) is 0.374. The lowest BCUT2D eigenvalue weighted by molar-refractivity contribution is 2.25. The van der Waals surface area contributed by atoms with Crippen molar-refractivity contribution in [3.05, 3.63) is 0 Å². The molecule has 0 aromatic carbocycles. The third-order valence-corrected chi connectivity index (χ3v) is 1.20. The molecule has 0 N–H and O–H groups in total. The van der Waals surface area contributed by atoms with E-state index in [9.17, 15) is 0 Å². The molecule has 22 valence electrons. The highest BCUT2D eigenvalue weighted by molar-refractivity contribution is 9.36. The van der Waals surface area contributed by atoms with Crippen molar-refractivity contribution in [2.75, 3.05) is 6.06 Å². The van der Waals surface area contributed by atoms with Crippen LogP contribution in [0.3, 0.4) is 0 Å². The van der Waals surface area contributed by atoms with Crippen LogP contribution in [-0.4, -0.2) is 13.9 Å². The van der Waals surface area contributed by atoms with Crippen molar-refractivity contribution in [1.82, 2.24) is 0 Å². The number of hydrogen-bond acceptors (Lipinski definition) is 0. The molecular formula is CH3BBrP. The molecule has 3 heteroatoms. The van der Waals surface area contributed by atoms with Crippen LogP contribution in [0.25, 0.3) is 0 Å². The Morgan fingerprint density at radius 1 is 2.00 bits per heavy atom. The molecule has 4 heavy (non-hydrogen) atoms. The van der Waals surface area contributed by atoms with Crippen LogP contribution in [0.4, 0.5) is 0 Å². The predicted molar refractivity (Wildman–Crippen MR) is 27.9 cm³/mol. The van der Waals surface area contributed by atoms with E-state index in [1.807, 2.05) is 0 Å². The molecule has 0 fully saturated rings. The molecule has 0 aliphatic rings. The number of halogens is 1. The van der Waals surface area contributed by atoms with Gasteiger partial charge in [-0.1, -0.05) is 28.8 Å². The van der Waals surface area contributed by atoms with E-state index in [1.165, 1.54) is 0 Å². The van der Waals surface area contributed by atoms with Gasteiger partial charge in [0.15, 0.2) is 0 Å². The molecule has 0 saturated carbocycles. The average Bonchev–Trinajstić information content (AvgIpc) is 1.37. The minimum absolute atomic E-state index is 0.731. The summed E-state index contributed by atoms with van der Waals surface area (Å²) in [6.07, 6.45) is 0. The van der Waals surface area contributed by atoms with Crippen molar-refractivity contribution in [2.45, 2.75) is 0 Å². The molecule has 0 nitrogen and oxygen atoms in total. The van der Waals surface area contributed by atoms with E-state index in [0.717, 1.165) is 13.3 Å². The summed E-state index contributed by atoms with van der Waals surface area (Å²) in [7, 11) is 5.72. The molecular weight excluding hydrogens is 134 g/mol. The zero-order valence-electron chi connectivity index (χ0n) is 2.16. The summed E-state index contributed by atoms with van der Waals surface area (Å²) < 4.78 is 0. The van der Waals surface area contributed by atoms with E-state index in [-0.39, 0.29) is 0 Å². The van der Waals surface area contributed by atoms with E-state index < -0.39 is 0 Å². The van der Waals surface area contributed by atoms with Crippen LogP contribution in [0.2, 0.25) is 0 Å². The van der Waals surface area contributed by atoms with E-state index in [0.29, 0.717) is 0 Å². The fourth-order valence-electron chi connectivity index (χ4n) is 0. The minimum Gasteiger partial charge on any atom is -0.0650 e. The molecule has 0 aliphatic heterocycles. The maximum atomic E-state index is 4.99. The summed E-state index contributed by atoms with van der Waals surface area (Å²) in [5.74, 6) is 0. The Labute approximate surface area is 37.3 Å². The highest BCUT2D eigenvalue weighted by Gasteiger charge is 1.58. The normalized spacial score (nSPS) is 10.2. The van der Waals surface area contributed by atoms with Crippen molar-refractivity contribution >= 4 is 30.6 Å². The summed E-state index contributed by atoms with van der Waals surface area (Å²) >= 11 is 3.15. The standard InChI is InChI=1S/CH3BBrP/c2-1-4-3/h4H,1H2. The fourth-order valence-corrected chi connectivity index (χ4v) is 0. The second-order valence-corrected chi connectivity index (χ2v) is 2.70. The Bertz CT molecular complexity index is 10.0. The molecule has 1 unspecified atom stereocenters. The molecule has 0 bridgehead atoms. The summed E-state index contributed by atoms with van der Waals surface area (Å²) in [6.45, 7) is 0. The third-order valence-electron chi connectivity index (χ3n) is 0.0772. The Kier molecular flexibility index (Phi) is 4.94. The van der Waals surface area contributed by atoms with Crippen molar-refractivity contribution in [3.63, 3.8) is 0 Å². The van der Waals surface area contributed by atoms with E-state index >= 15 is 0 Å². The topological polar surface area (TPSA) is 0 Å². The first-order valence-electron chi connectivity index (χ1n) is 0.951. The molecule has 0 aromatic heterocycles. The zero-order chi connectivity index (χ0) is 3.41. The van der Waals surface area contributed by atoms with Crippen LogP contribution in [0.5, 0.6) is 0 Å². The monoisotopic (exact) mass is 136 g/mol. The number of hydrogen-bond donors (Lipinski definition) is 0. The summed E-state index contributed by atoms with van der Waals surface area (Å²) in [5.41, 5.74) is 0. The minimum atomic E-state index is 0.731. The maximum Gasteiger partial charge on any atom is 0.0723 e. The average molecular weight is 137 g/mol. The molecule has 0 amide bonds. The van der Waals surface area contributed by atoms with Gasteiger partial charge in [0.05, 0.1) is 7.85 Å². The second kappa shape index (κ2) is 3.97. The van der Waals surface area contributed by atoms with Gasteiger partial charge < -0.3 is 0 Å². The highest BCUT2D eigenvalue weighted by Crippen LogP contribution is 2.14. The van der Waals surface area contributed by atoms with Crippen molar-refractivity contribution in [1.29, 1.82) is 0 Å². The maximum absolute atomic E-state index is 4.99. The Morgan fingerprint density at radius 2 is 2.25 bits per heavy atom. The van der Waals surface area contributed by atoms with Gasteiger partial charge in [0, 0.05) is 0 Å². The lowest BCUT2D eigenvalue weighted by Crippen LogP contribution is -1.55. The van der Waals surface area contributed by atoms with Gasteiger partial charge in [-0.05, 0) is 0 Å². The van der Waals surface area contributed by atoms with Crippen LogP contribution in [0.1, 0.15) is 0 Å². The van der Waals surface area contributed by atoms with Gasteiger partial charge in [-0.2, -0.15) is 0 Å². The molecule has 0 aromatic rings. The van der Waals surface area contributed by atoms with Gasteiger partial charge in [-0.25, -0.2) is 0 Å².